The lowest BCUT2D eigenvalue weighted by atomic mass is 10.1. The number of anilines is 1. The molecule has 4 heterocycles. The van der Waals surface area contributed by atoms with Crippen LogP contribution < -0.4 is 10.1 Å². The summed E-state index contributed by atoms with van der Waals surface area (Å²) >= 11 is 0. The van der Waals surface area contributed by atoms with Gasteiger partial charge in [0.15, 0.2) is 34.8 Å². The van der Waals surface area contributed by atoms with Crippen molar-refractivity contribution in [2.45, 2.75) is 104 Å². The third kappa shape index (κ3) is 9.09. The predicted molar refractivity (Wildman–Crippen MR) is 167 cm³/mol. The number of fused-ring (bicyclic) bond motifs is 1. The minimum absolute atomic E-state index is 0. The third-order valence-electron chi connectivity index (χ3n) is 5.48. The summed E-state index contributed by atoms with van der Waals surface area (Å²) in [5, 5.41) is 24.3. The van der Waals surface area contributed by atoms with Crippen LogP contribution in [0.4, 0.5) is 10.2 Å². The number of benzene rings is 1. The van der Waals surface area contributed by atoms with E-state index in [4.69, 9.17) is 14.2 Å². The molecule has 3 N–H and O–H groups in total. The van der Waals surface area contributed by atoms with Gasteiger partial charge in [-0.25, -0.2) is 19.3 Å². The zero-order chi connectivity index (χ0) is 21.4. The van der Waals surface area contributed by atoms with Gasteiger partial charge in [-0.15, -0.1) is 0 Å². The summed E-state index contributed by atoms with van der Waals surface area (Å²) in [4.78, 5) is 12.9. The quantitative estimate of drug-likeness (QED) is 0.299. The minimum atomic E-state index is -1.25. The zero-order valence-electron chi connectivity index (χ0n) is 16.5. The van der Waals surface area contributed by atoms with Crippen LogP contribution >= 0.6 is 0 Å². The number of nitrogens with zero attached hydrogens (tertiary/aromatic N) is 4. The SMILES string of the molecule is C.C.C.C.C.C.C.C.C.O[C@@H]1[C@H](O)[C@@H](COc2ccccc2F)O[C@H]1n1cnc2c(NC3CCOC3)ncnc21. The molecule has 0 spiro atoms. The molecule has 2 saturated heterocycles. The fourth-order valence-electron chi connectivity index (χ4n) is 3.82. The lowest BCUT2D eigenvalue weighted by Gasteiger charge is -2.17. The molecular weight excluding hydrogens is 517 g/mol. The number of ether oxygens (including phenoxy) is 3. The van der Waals surface area contributed by atoms with E-state index in [0.717, 1.165) is 6.42 Å². The van der Waals surface area contributed by atoms with Crippen molar-refractivity contribution in [2.24, 2.45) is 0 Å². The Kier molecular flexibility index (Phi) is 23.6. The van der Waals surface area contributed by atoms with Gasteiger partial charge in [-0.3, -0.25) is 4.57 Å². The Labute approximate surface area is 243 Å². The summed E-state index contributed by atoms with van der Waals surface area (Å²) in [5.41, 5.74) is 0.967. The normalized spacial score (nSPS) is 21.9. The second-order valence-corrected chi connectivity index (χ2v) is 7.54. The number of aliphatic hydroxyl groups excluding tert-OH is 2. The highest BCUT2D eigenvalue weighted by atomic mass is 19.1. The molecule has 1 unspecified atom stereocenters. The topological polar surface area (TPSA) is 124 Å². The molecule has 0 radical (unpaired) electrons. The van der Waals surface area contributed by atoms with Gasteiger partial charge in [-0.2, -0.15) is 0 Å². The number of hydrogen-bond acceptors (Lipinski definition) is 9. The van der Waals surface area contributed by atoms with Crippen LogP contribution in [0.3, 0.4) is 0 Å². The second kappa shape index (κ2) is 20.1. The Morgan fingerprint density at radius 3 is 2.25 bits per heavy atom. The van der Waals surface area contributed by atoms with Crippen LogP contribution in [0, 0.1) is 5.82 Å². The van der Waals surface area contributed by atoms with Crippen molar-refractivity contribution in [3.8, 4) is 5.75 Å². The van der Waals surface area contributed by atoms with Crippen LogP contribution in [0.25, 0.3) is 11.2 Å². The molecule has 2 aliphatic rings. The Balaban J connectivity index is -0.000000454. The molecule has 1 aromatic carbocycles. The van der Waals surface area contributed by atoms with E-state index < -0.39 is 30.4 Å². The number of imidazole rings is 1. The summed E-state index contributed by atoms with van der Waals surface area (Å²) in [5.74, 6) is 0.0903. The number of para-hydroxylation sites is 1. The summed E-state index contributed by atoms with van der Waals surface area (Å²) in [6.07, 6.45) is -0.539. The van der Waals surface area contributed by atoms with Crippen molar-refractivity contribution in [3.63, 3.8) is 0 Å². The van der Waals surface area contributed by atoms with Crippen molar-refractivity contribution in [1.82, 2.24) is 19.5 Å². The van der Waals surface area contributed by atoms with Gasteiger partial charge in [-0.1, -0.05) is 79.0 Å². The Morgan fingerprint density at radius 1 is 0.950 bits per heavy atom. The van der Waals surface area contributed by atoms with E-state index in [9.17, 15) is 14.6 Å². The van der Waals surface area contributed by atoms with Crippen LogP contribution in [0.2, 0.25) is 0 Å². The first-order valence-corrected chi connectivity index (χ1v) is 10.0. The van der Waals surface area contributed by atoms with E-state index in [2.05, 4.69) is 20.3 Å². The zero-order valence-corrected chi connectivity index (χ0v) is 16.5. The average Bonchev–Trinajstić information content (AvgIpc) is 3.50. The van der Waals surface area contributed by atoms with Gasteiger partial charge in [0.2, 0.25) is 0 Å². The largest absolute Gasteiger partial charge is 0.488 e. The first-order chi connectivity index (χ1) is 15.1. The number of rotatable bonds is 6. The second-order valence-electron chi connectivity index (χ2n) is 7.54. The Bertz CT molecular complexity index is 1060. The first kappa shape index (κ1) is 47.0. The Hall–Kier alpha value is -2.86. The van der Waals surface area contributed by atoms with Crippen molar-refractivity contribution in [1.29, 1.82) is 0 Å². The Morgan fingerprint density at radius 2 is 1.62 bits per heavy atom. The summed E-state index contributed by atoms with van der Waals surface area (Å²) in [7, 11) is 0. The van der Waals surface area contributed by atoms with Gasteiger partial charge in [0.25, 0.3) is 0 Å². The molecule has 2 aliphatic heterocycles. The molecule has 5 rings (SSSR count). The van der Waals surface area contributed by atoms with E-state index in [1.54, 1.807) is 16.7 Å². The maximum atomic E-state index is 13.8. The van der Waals surface area contributed by atoms with Gasteiger partial charge < -0.3 is 29.7 Å². The lowest BCUT2D eigenvalue weighted by Crippen LogP contribution is -2.34. The summed E-state index contributed by atoms with van der Waals surface area (Å²) in [6.45, 7) is 1.15. The molecule has 40 heavy (non-hydrogen) atoms. The fourth-order valence-corrected chi connectivity index (χ4v) is 3.82. The fraction of sp³-hybridized carbons (Fsp3) is 0.621. The highest BCUT2D eigenvalue weighted by molar-refractivity contribution is 5.82. The predicted octanol–water partition coefficient (Wildman–Crippen LogP) is 6.59. The number of aromatic nitrogens is 4. The van der Waals surface area contributed by atoms with Crippen molar-refractivity contribution in [2.75, 3.05) is 25.1 Å². The number of hydrogen-bond donors (Lipinski definition) is 3. The highest BCUT2D eigenvalue weighted by Gasteiger charge is 2.44. The van der Waals surface area contributed by atoms with Crippen molar-refractivity contribution in [3.05, 3.63) is 42.7 Å². The lowest BCUT2D eigenvalue weighted by molar-refractivity contribution is -0.0477. The van der Waals surface area contributed by atoms with Gasteiger partial charge in [0.1, 0.15) is 31.2 Å². The number of halogens is 1. The minimum Gasteiger partial charge on any atom is -0.488 e. The molecule has 5 atom stereocenters. The van der Waals surface area contributed by atoms with E-state index in [-0.39, 0.29) is 85.2 Å². The van der Waals surface area contributed by atoms with Gasteiger partial charge >= 0.3 is 0 Å². The number of nitrogens with one attached hydrogen (secondary N) is 1. The molecule has 236 valence electrons. The molecule has 3 aromatic rings. The van der Waals surface area contributed by atoms with E-state index in [0.29, 0.717) is 30.2 Å². The molecule has 10 nitrogen and oxygen atoms in total. The maximum Gasteiger partial charge on any atom is 0.167 e. The molecule has 0 aliphatic carbocycles. The van der Waals surface area contributed by atoms with Crippen LogP contribution in [-0.4, -0.2) is 73.9 Å². The van der Waals surface area contributed by atoms with E-state index >= 15 is 0 Å². The van der Waals surface area contributed by atoms with Gasteiger partial charge in [0.05, 0.1) is 19.0 Å². The number of aliphatic hydroxyl groups is 2. The molecule has 2 aromatic heterocycles. The molecule has 0 saturated carbocycles. The molecule has 0 amide bonds. The molecule has 11 heteroatoms. The molecule has 2 fully saturated rings. The highest BCUT2D eigenvalue weighted by Crippen LogP contribution is 2.33. The van der Waals surface area contributed by atoms with Gasteiger partial charge in [0, 0.05) is 6.61 Å². The van der Waals surface area contributed by atoms with Crippen LogP contribution in [-0.2, 0) is 9.47 Å². The standard InChI is InChI=1S/C20H22FN5O5.9CH4/c21-12-3-1-2-4-13(12)30-8-14-16(27)17(28)20(31-14)26-10-24-15-18(22-9-23-19(15)26)25-11-5-6-29-7-11;;;;;;;;;/h1-4,9-11,14,16-17,20,27-28H,5-8H2,(H,22,23,25);9*1H4/t11?,14-,16-,17-,20-;;;;;;;;;/m1........./s1. The van der Waals surface area contributed by atoms with E-state index in [1.165, 1.54) is 24.8 Å². The van der Waals surface area contributed by atoms with Crippen LogP contribution in [0.1, 0.15) is 79.5 Å². The van der Waals surface area contributed by atoms with Crippen molar-refractivity contribution >= 4 is 17.0 Å². The summed E-state index contributed by atoms with van der Waals surface area (Å²) < 4.78 is 32.0. The first-order valence-electron chi connectivity index (χ1n) is 10.0. The summed E-state index contributed by atoms with van der Waals surface area (Å²) in [6, 6.07) is 6.09. The average molecular weight is 576 g/mol. The maximum absolute atomic E-state index is 13.8. The van der Waals surface area contributed by atoms with Crippen LogP contribution in [0.5, 0.6) is 5.75 Å². The van der Waals surface area contributed by atoms with Gasteiger partial charge in [-0.05, 0) is 18.6 Å². The van der Waals surface area contributed by atoms with E-state index in [1.807, 2.05) is 0 Å². The van der Waals surface area contributed by atoms with Crippen molar-refractivity contribution < 1.29 is 28.8 Å². The smallest absolute Gasteiger partial charge is 0.167 e. The monoisotopic (exact) mass is 575 g/mol. The molecule has 0 bridgehead atoms. The third-order valence-corrected chi connectivity index (χ3v) is 5.48. The molecular formula is C29H58FN5O5. The van der Waals surface area contributed by atoms with Crippen LogP contribution in [0.15, 0.2) is 36.9 Å².